The summed E-state index contributed by atoms with van der Waals surface area (Å²) in [5.74, 6) is 2.75. The Morgan fingerprint density at radius 2 is 2.10 bits per heavy atom. The summed E-state index contributed by atoms with van der Waals surface area (Å²) in [4.78, 5) is 16.3. The number of benzene rings is 1. The van der Waals surface area contributed by atoms with Crippen LogP contribution in [0.1, 0.15) is 51.5 Å². The van der Waals surface area contributed by atoms with E-state index in [4.69, 9.17) is 14.2 Å². The van der Waals surface area contributed by atoms with Crippen LogP contribution in [0.25, 0.3) is 0 Å². The molecule has 5 heteroatoms. The van der Waals surface area contributed by atoms with Crippen LogP contribution in [0.4, 0.5) is 0 Å². The van der Waals surface area contributed by atoms with E-state index in [-0.39, 0.29) is 17.4 Å². The Labute approximate surface area is 173 Å². The molecule has 3 saturated carbocycles. The number of fused-ring (bicyclic) bond motifs is 3. The number of amides is 1. The van der Waals surface area contributed by atoms with Gasteiger partial charge in [0.25, 0.3) is 0 Å². The van der Waals surface area contributed by atoms with E-state index in [1.165, 1.54) is 5.56 Å². The third-order valence-electron chi connectivity index (χ3n) is 8.29. The summed E-state index contributed by atoms with van der Waals surface area (Å²) < 4.78 is 18.3. The lowest BCUT2D eigenvalue weighted by Crippen LogP contribution is -2.74. The Bertz CT molecular complexity index is 810. The van der Waals surface area contributed by atoms with Gasteiger partial charge in [-0.05, 0) is 56.9 Å². The van der Waals surface area contributed by atoms with Gasteiger partial charge in [0.2, 0.25) is 5.91 Å². The van der Waals surface area contributed by atoms with Crippen molar-refractivity contribution in [2.75, 3.05) is 33.4 Å². The maximum Gasteiger partial charge on any atom is 0.230 e. The third kappa shape index (κ3) is 2.28. The van der Waals surface area contributed by atoms with Gasteiger partial charge in [-0.25, -0.2) is 0 Å². The molecule has 2 bridgehead atoms. The van der Waals surface area contributed by atoms with Crippen molar-refractivity contribution in [1.82, 2.24) is 4.90 Å². The first-order valence-electron chi connectivity index (χ1n) is 11.3. The molecule has 0 radical (unpaired) electrons. The number of hydrogen-bond donors (Lipinski definition) is 0. The minimum absolute atomic E-state index is 0.0770. The van der Waals surface area contributed by atoms with E-state index in [0.717, 1.165) is 56.7 Å². The number of rotatable bonds is 6. The van der Waals surface area contributed by atoms with Gasteiger partial charge in [0.1, 0.15) is 6.10 Å². The highest BCUT2D eigenvalue weighted by atomic mass is 16.5. The Kier molecular flexibility index (Phi) is 4.57. The summed E-state index contributed by atoms with van der Waals surface area (Å²) in [5, 5.41) is 0. The van der Waals surface area contributed by atoms with Crippen LogP contribution in [0.3, 0.4) is 0 Å². The molecule has 158 valence electrons. The van der Waals surface area contributed by atoms with Crippen LogP contribution in [0.15, 0.2) is 18.2 Å². The maximum atomic E-state index is 14.2. The predicted octanol–water partition coefficient (Wildman–Crippen LogP) is 3.79. The summed E-state index contributed by atoms with van der Waals surface area (Å²) in [6.45, 7) is 7.24. The first-order chi connectivity index (χ1) is 14.1. The largest absolute Gasteiger partial charge is 0.493 e. The highest BCUT2D eigenvalue weighted by Crippen LogP contribution is 2.72. The molecule has 3 aliphatic carbocycles. The minimum Gasteiger partial charge on any atom is -0.493 e. The summed E-state index contributed by atoms with van der Waals surface area (Å²) in [7, 11) is 1.70. The van der Waals surface area contributed by atoms with Gasteiger partial charge < -0.3 is 19.1 Å². The highest BCUT2D eigenvalue weighted by molar-refractivity contribution is 5.88. The number of carbonyl (C=O) groups excluding carboxylic acids is 1. The van der Waals surface area contributed by atoms with E-state index in [9.17, 15) is 4.79 Å². The number of carbonyl (C=O) groups is 1. The molecule has 6 rings (SSSR count). The third-order valence-corrected chi connectivity index (χ3v) is 8.29. The smallest absolute Gasteiger partial charge is 0.230 e. The predicted molar refractivity (Wildman–Crippen MR) is 110 cm³/mol. The molecule has 4 fully saturated rings. The Balaban J connectivity index is 1.70. The lowest BCUT2D eigenvalue weighted by atomic mass is 9.39. The molecule has 5 nitrogen and oxygen atoms in total. The molecule has 1 aromatic carbocycles. The Hall–Kier alpha value is -1.75. The second-order valence-corrected chi connectivity index (χ2v) is 9.25. The van der Waals surface area contributed by atoms with Crippen LogP contribution >= 0.6 is 0 Å². The number of likely N-dealkylation sites (tertiary alicyclic amines) is 1. The van der Waals surface area contributed by atoms with Crippen molar-refractivity contribution >= 4 is 5.91 Å². The van der Waals surface area contributed by atoms with Crippen molar-refractivity contribution < 1.29 is 19.0 Å². The van der Waals surface area contributed by atoms with Crippen molar-refractivity contribution in [2.45, 2.75) is 57.5 Å². The van der Waals surface area contributed by atoms with Gasteiger partial charge in [0, 0.05) is 25.3 Å². The molecule has 1 saturated heterocycles. The van der Waals surface area contributed by atoms with Crippen LogP contribution in [0, 0.1) is 17.3 Å². The van der Waals surface area contributed by atoms with Gasteiger partial charge in [0.05, 0.1) is 24.5 Å². The molecule has 29 heavy (non-hydrogen) atoms. The number of nitrogens with zero attached hydrogens (tertiary/aromatic N) is 1. The van der Waals surface area contributed by atoms with Gasteiger partial charge in [-0.3, -0.25) is 4.79 Å². The van der Waals surface area contributed by atoms with Gasteiger partial charge in [-0.2, -0.15) is 0 Å². The molecule has 5 unspecified atom stereocenters. The van der Waals surface area contributed by atoms with E-state index >= 15 is 0 Å². The molecule has 5 atom stereocenters. The first-order valence-corrected chi connectivity index (χ1v) is 11.3. The Morgan fingerprint density at radius 1 is 1.24 bits per heavy atom. The molecule has 0 N–H and O–H groups in total. The summed E-state index contributed by atoms with van der Waals surface area (Å²) in [5.41, 5.74) is 0.533. The second kappa shape index (κ2) is 6.90. The van der Waals surface area contributed by atoms with Crippen molar-refractivity contribution in [3.8, 4) is 11.5 Å². The normalized spacial score (nSPS) is 37.0. The molecule has 1 amide bonds. The minimum atomic E-state index is -0.424. The molecule has 1 aromatic rings. The fourth-order valence-electron chi connectivity index (χ4n) is 7.31. The zero-order chi connectivity index (χ0) is 20.2. The summed E-state index contributed by atoms with van der Waals surface area (Å²) in [6.07, 6.45) is 5.09. The molecule has 2 aliphatic heterocycles. The van der Waals surface area contributed by atoms with E-state index in [2.05, 4.69) is 24.0 Å². The molecular formula is C24H33NO4. The number of hydrogen-bond acceptors (Lipinski definition) is 4. The summed E-state index contributed by atoms with van der Waals surface area (Å²) >= 11 is 0. The molecular weight excluding hydrogens is 366 g/mol. The number of para-hydroxylation sites is 1. The first kappa shape index (κ1) is 19.2. The SMILES string of the molecule is CCCN1CCC23c4cccc(OC)c4OC2C2CCC3(C1=O)C(COCC)C2. The standard InChI is InChI=1S/C24H33NO4/c1-4-12-25-13-11-24-18-7-6-8-19(27-3)20(18)29-21(24)16-9-10-23(24,22(25)26)17(14-16)15-28-5-2/h6-8,16-17,21H,4-5,9-15H2,1-3H3. The average Bonchev–Trinajstić information content (AvgIpc) is 3.11. The van der Waals surface area contributed by atoms with Crippen LogP contribution in [-0.2, 0) is 14.9 Å². The van der Waals surface area contributed by atoms with Gasteiger partial charge in [0.15, 0.2) is 11.5 Å². The number of methoxy groups -OCH3 is 1. The average molecular weight is 400 g/mol. The van der Waals surface area contributed by atoms with Gasteiger partial charge in [-0.15, -0.1) is 0 Å². The molecule has 2 spiro atoms. The highest BCUT2D eigenvalue weighted by Gasteiger charge is 2.76. The maximum absolute atomic E-state index is 14.2. The van der Waals surface area contributed by atoms with E-state index in [0.29, 0.717) is 25.0 Å². The lowest BCUT2D eigenvalue weighted by molar-refractivity contribution is -0.201. The quantitative estimate of drug-likeness (QED) is 0.730. The molecule has 2 heterocycles. The van der Waals surface area contributed by atoms with Crippen LogP contribution in [-0.4, -0.2) is 50.3 Å². The van der Waals surface area contributed by atoms with Crippen LogP contribution < -0.4 is 9.47 Å². The van der Waals surface area contributed by atoms with Crippen molar-refractivity contribution in [3.63, 3.8) is 0 Å². The van der Waals surface area contributed by atoms with E-state index in [1.54, 1.807) is 7.11 Å². The zero-order valence-electron chi connectivity index (χ0n) is 17.9. The van der Waals surface area contributed by atoms with Crippen molar-refractivity contribution in [2.24, 2.45) is 17.3 Å². The van der Waals surface area contributed by atoms with Crippen LogP contribution in [0.2, 0.25) is 0 Å². The monoisotopic (exact) mass is 399 g/mol. The second-order valence-electron chi connectivity index (χ2n) is 9.25. The lowest BCUT2D eigenvalue weighted by Gasteiger charge is -2.66. The van der Waals surface area contributed by atoms with Gasteiger partial charge >= 0.3 is 0 Å². The van der Waals surface area contributed by atoms with E-state index in [1.807, 2.05) is 13.0 Å². The van der Waals surface area contributed by atoms with Crippen molar-refractivity contribution in [1.29, 1.82) is 0 Å². The number of ether oxygens (including phenoxy) is 3. The topological polar surface area (TPSA) is 48.0 Å². The molecule has 0 aromatic heterocycles. The van der Waals surface area contributed by atoms with Gasteiger partial charge in [-0.1, -0.05) is 19.1 Å². The van der Waals surface area contributed by atoms with E-state index < -0.39 is 5.41 Å². The summed E-state index contributed by atoms with van der Waals surface area (Å²) in [6, 6.07) is 6.24. The fourth-order valence-corrected chi connectivity index (χ4v) is 7.31. The number of piperidine rings is 1. The fraction of sp³-hybridized carbons (Fsp3) is 0.708. The van der Waals surface area contributed by atoms with Crippen molar-refractivity contribution in [3.05, 3.63) is 23.8 Å². The zero-order valence-corrected chi connectivity index (χ0v) is 17.9. The Morgan fingerprint density at radius 3 is 2.86 bits per heavy atom. The molecule has 5 aliphatic rings. The van der Waals surface area contributed by atoms with Crippen LogP contribution in [0.5, 0.6) is 11.5 Å².